The first kappa shape index (κ1) is 14.6. The molecule has 0 saturated carbocycles. The van der Waals surface area contributed by atoms with Crippen LogP contribution in [0.1, 0.15) is 16.8 Å². The van der Waals surface area contributed by atoms with E-state index in [0.717, 1.165) is 11.8 Å². The Morgan fingerprint density at radius 1 is 1.35 bits per heavy atom. The Morgan fingerprint density at radius 2 is 2.10 bits per heavy atom. The standard InChI is InChI=1S/C14H15N3O2.ClH/c15-9-5-6-17(8-9)14(19)11-7-13(18)16-12-4-2-1-3-10(11)12;/h1-4,7,9H,5-6,8,15H2,(H,16,18);1H. The van der Waals surface area contributed by atoms with Crippen molar-refractivity contribution in [1.82, 2.24) is 9.88 Å². The molecule has 0 radical (unpaired) electrons. The summed E-state index contributed by atoms with van der Waals surface area (Å²) in [5.74, 6) is -0.116. The number of nitrogens with zero attached hydrogens (tertiary/aromatic N) is 1. The van der Waals surface area contributed by atoms with Crippen LogP contribution in [0.5, 0.6) is 0 Å². The van der Waals surface area contributed by atoms with E-state index in [1.807, 2.05) is 18.2 Å². The number of hydrogen-bond donors (Lipinski definition) is 2. The number of nitrogens with one attached hydrogen (secondary N) is 1. The zero-order valence-electron chi connectivity index (χ0n) is 10.8. The molecule has 1 aromatic heterocycles. The van der Waals surface area contributed by atoms with Crippen molar-refractivity contribution in [2.24, 2.45) is 5.73 Å². The fourth-order valence-electron chi connectivity index (χ4n) is 2.52. The highest BCUT2D eigenvalue weighted by Gasteiger charge is 2.25. The van der Waals surface area contributed by atoms with Crippen LogP contribution in [0.25, 0.3) is 10.9 Å². The molecule has 2 aromatic rings. The largest absolute Gasteiger partial charge is 0.337 e. The zero-order chi connectivity index (χ0) is 13.4. The third kappa shape index (κ3) is 2.55. The van der Waals surface area contributed by atoms with Crippen LogP contribution >= 0.6 is 12.4 Å². The molecule has 3 rings (SSSR count). The number of aromatic nitrogens is 1. The van der Waals surface area contributed by atoms with E-state index in [1.54, 1.807) is 11.0 Å². The van der Waals surface area contributed by atoms with Crippen molar-refractivity contribution in [3.05, 3.63) is 46.2 Å². The molecule has 106 valence electrons. The fourth-order valence-corrected chi connectivity index (χ4v) is 2.52. The summed E-state index contributed by atoms with van der Waals surface area (Å²) >= 11 is 0. The van der Waals surface area contributed by atoms with Crippen molar-refractivity contribution in [1.29, 1.82) is 0 Å². The number of carbonyl (C=O) groups excluding carboxylic acids is 1. The Balaban J connectivity index is 0.00000147. The van der Waals surface area contributed by atoms with Crippen LogP contribution < -0.4 is 11.3 Å². The van der Waals surface area contributed by atoms with Gasteiger partial charge in [-0.15, -0.1) is 12.4 Å². The van der Waals surface area contributed by atoms with Gasteiger partial charge >= 0.3 is 0 Å². The van der Waals surface area contributed by atoms with Gasteiger partial charge in [-0.3, -0.25) is 9.59 Å². The molecule has 3 N–H and O–H groups in total. The number of fused-ring (bicyclic) bond motifs is 1. The van der Waals surface area contributed by atoms with Crippen molar-refractivity contribution in [2.75, 3.05) is 13.1 Å². The minimum atomic E-state index is -0.259. The molecule has 5 nitrogen and oxygen atoms in total. The Morgan fingerprint density at radius 3 is 2.80 bits per heavy atom. The maximum absolute atomic E-state index is 12.5. The lowest BCUT2D eigenvalue weighted by Gasteiger charge is -2.16. The van der Waals surface area contributed by atoms with Crippen LogP contribution in [-0.2, 0) is 0 Å². The van der Waals surface area contributed by atoms with Gasteiger partial charge in [0.25, 0.3) is 5.91 Å². The Hall–Kier alpha value is -1.85. The number of aromatic amines is 1. The van der Waals surface area contributed by atoms with E-state index < -0.39 is 0 Å². The molecule has 1 saturated heterocycles. The molecule has 2 heterocycles. The van der Waals surface area contributed by atoms with Gasteiger partial charge < -0.3 is 15.6 Å². The summed E-state index contributed by atoms with van der Waals surface area (Å²) < 4.78 is 0. The molecule has 1 fully saturated rings. The summed E-state index contributed by atoms with van der Waals surface area (Å²) in [6.07, 6.45) is 0.812. The molecule has 20 heavy (non-hydrogen) atoms. The first-order valence-electron chi connectivity index (χ1n) is 6.32. The quantitative estimate of drug-likeness (QED) is 0.827. The van der Waals surface area contributed by atoms with E-state index >= 15 is 0 Å². The molecular weight excluding hydrogens is 278 g/mol. The summed E-state index contributed by atoms with van der Waals surface area (Å²) in [5.41, 5.74) is 6.70. The van der Waals surface area contributed by atoms with Crippen molar-refractivity contribution < 1.29 is 4.79 Å². The number of pyridine rings is 1. The summed E-state index contributed by atoms with van der Waals surface area (Å²) in [6, 6.07) is 8.73. The van der Waals surface area contributed by atoms with Gasteiger partial charge in [-0.2, -0.15) is 0 Å². The van der Waals surface area contributed by atoms with Gasteiger partial charge in [0, 0.05) is 36.1 Å². The molecule has 0 bridgehead atoms. The van der Waals surface area contributed by atoms with Gasteiger partial charge in [0.05, 0.1) is 5.56 Å². The third-order valence-electron chi connectivity index (χ3n) is 3.49. The van der Waals surface area contributed by atoms with Crippen LogP contribution in [-0.4, -0.2) is 34.9 Å². The van der Waals surface area contributed by atoms with E-state index in [0.29, 0.717) is 24.2 Å². The molecule has 1 amide bonds. The summed E-state index contributed by atoms with van der Waals surface area (Å²) in [6.45, 7) is 1.21. The SMILES string of the molecule is Cl.NC1CCN(C(=O)c2cc(=O)[nH]c3ccccc23)C1. The maximum Gasteiger partial charge on any atom is 0.254 e. The average Bonchev–Trinajstić information content (AvgIpc) is 2.83. The Labute approximate surface area is 122 Å². The van der Waals surface area contributed by atoms with Crippen LogP contribution in [0.3, 0.4) is 0 Å². The van der Waals surface area contributed by atoms with E-state index in [1.165, 1.54) is 6.07 Å². The lowest BCUT2D eigenvalue weighted by molar-refractivity contribution is 0.0792. The fraction of sp³-hybridized carbons (Fsp3) is 0.286. The van der Waals surface area contributed by atoms with E-state index in [-0.39, 0.29) is 29.9 Å². The van der Waals surface area contributed by atoms with Gasteiger partial charge in [-0.25, -0.2) is 0 Å². The lowest BCUT2D eigenvalue weighted by Crippen LogP contribution is -2.32. The highest BCUT2D eigenvalue weighted by molar-refractivity contribution is 6.06. The molecule has 1 atom stereocenters. The third-order valence-corrected chi connectivity index (χ3v) is 3.49. The predicted molar refractivity (Wildman–Crippen MR) is 80.3 cm³/mol. The number of rotatable bonds is 1. The van der Waals surface area contributed by atoms with E-state index in [2.05, 4.69) is 4.98 Å². The Kier molecular flexibility index (Phi) is 4.11. The van der Waals surface area contributed by atoms with E-state index in [9.17, 15) is 9.59 Å². The second-order valence-corrected chi connectivity index (χ2v) is 4.89. The number of halogens is 1. The van der Waals surface area contributed by atoms with Crippen molar-refractivity contribution in [3.8, 4) is 0 Å². The van der Waals surface area contributed by atoms with Gasteiger partial charge in [0.1, 0.15) is 0 Å². The molecule has 1 aliphatic heterocycles. The van der Waals surface area contributed by atoms with Gasteiger partial charge in [-0.1, -0.05) is 18.2 Å². The molecule has 1 aromatic carbocycles. The highest BCUT2D eigenvalue weighted by Crippen LogP contribution is 2.18. The maximum atomic E-state index is 12.5. The minimum Gasteiger partial charge on any atom is -0.337 e. The number of carbonyl (C=O) groups is 1. The van der Waals surface area contributed by atoms with Crippen molar-refractivity contribution in [3.63, 3.8) is 0 Å². The summed E-state index contributed by atoms with van der Waals surface area (Å²) in [7, 11) is 0. The number of amides is 1. The summed E-state index contributed by atoms with van der Waals surface area (Å²) in [4.78, 5) is 28.6. The molecule has 0 spiro atoms. The second kappa shape index (κ2) is 5.64. The molecular formula is C14H16ClN3O2. The van der Waals surface area contributed by atoms with Crippen LogP contribution in [0.2, 0.25) is 0 Å². The number of H-pyrrole nitrogens is 1. The minimum absolute atomic E-state index is 0. The monoisotopic (exact) mass is 293 g/mol. The predicted octanol–water partition coefficient (Wildman–Crippen LogP) is 1.12. The van der Waals surface area contributed by atoms with Gasteiger partial charge in [0.15, 0.2) is 0 Å². The number of hydrogen-bond acceptors (Lipinski definition) is 3. The number of likely N-dealkylation sites (tertiary alicyclic amines) is 1. The average molecular weight is 294 g/mol. The first-order valence-corrected chi connectivity index (χ1v) is 6.32. The summed E-state index contributed by atoms with van der Waals surface area (Å²) in [5, 5.41) is 0.771. The molecule has 1 unspecified atom stereocenters. The molecule has 6 heteroatoms. The Bertz CT molecular complexity index is 698. The van der Waals surface area contributed by atoms with Crippen LogP contribution in [0, 0.1) is 0 Å². The highest BCUT2D eigenvalue weighted by atomic mass is 35.5. The number of benzene rings is 1. The first-order chi connectivity index (χ1) is 9.15. The van der Waals surface area contributed by atoms with Crippen LogP contribution in [0.15, 0.2) is 35.1 Å². The van der Waals surface area contributed by atoms with Gasteiger partial charge in [0.2, 0.25) is 5.56 Å². The molecule has 0 aliphatic carbocycles. The topological polar surface area (TPSA) is 79.2 Å². The van der Waals surface area contributed by atoms with Gasteiger partial charge in [-0.05, 0) is 12.5 Å². The number of nitrogens with two attached hydrogens (primary N) is 1. The number of para-hydroxylation sites is 1. The van der Waals surface area contributed by atoms with Crippen LogP contribution in [0.4, 0.5) is 0 Å². The zero-order valence-corrected chi connectivity index (χ0v) is 11.7. The van der Waals surface area contributed by atoms with Crippen molar-refractivity contribution in [2.45, 2.75) is 12.5 Å². The van der Waals surface area contributed by atoms with Crippen molar-refractivity contribution >= 4 is 29.2 Å². The second-order valence-electron chi connectivity index (χ2n) is 4.89. The normalized spacial score (nSPS) is 18.1. The smallest absolute Gasteiger partial charge is 0.254 e. The lowest BCUT2D eigenvalue weighted by atomic mass is 10.1. The molecule has 1 aliphatic rings. The van der Waals surface area contributed by atoms with E-state index in [4.69, 9.17) is 5.73 Å².